The zero-order valence-corrected chi connectivity index (χ0v) is 13.5. The molecule has 0 aliphatic carbocycles. The van der Waals surface area contributed by atoms with E-state index in [0.29, 0.717) is 5.56 Å². The molecule has 0 fully saturated rings. The van der Waals surface area contributed by atoms with Crippen LogP contribution < -0.4 is 0 Å². The van der Waals surface area contributed by atoms with Crippen LogP contribution in [0.4, 0.5) is 0 Å². The first-order valence-electron chi connectivity index (χ1n) is 5.52. The van der Waals surface area contributed by atoms with E-state index in [2.05, 4.69) is 36.7 Å². The molecule has 0 unspecified atom stereocenters. The smallest absolute Gasteiger partial charge is 0.338 e. The van der Waals surface area contributed by atoms with Crippen LogP contribution in [-0.2, 0) is 10.8 Å². The van der Waals surface area contributed by atoms with Gasteiger partial charge in [-0.25, -0.2) is 4.79 Å². The van der Waals surface area contributed by atoms with Crippen molar-refractivity contribution in [1.29, 1.82) is 0 Å². The van der Waals surface area contributed by atoms with E-state index in [-0.39, 0.29) is 10.8 Å². The van der Waals surface area contributed by atoms with Gasteiger partial charge in [-0.1, -0.05) is 41.5 Å². The monoisotopic (exact) mass is 318 g/mol. The first kappa shape index (κ1) is 14.7. The molecule has 2 nitrogen and oxygen atoms in total. The molecule has 0 radical (unpaired) electrons. The number of hydrogen-bond acceptors (Lipinski definition) is 2. The van der Waals surface area contributed by atoms with Crippen LogP contribution in [0.5, 0.6) is 0 Å². The van der Waals surface area contributed by atoms with Crippen LogP contribution in [0.2, 0.25) is 0 Å². The van der Waals surface area contributed by atoms with Gasteiger partial charge in [0.05, 0.1) is 5.56 Å². The Bertz CT molecular complexity index is 447. The standard InChI is InChI=1S/C13H19BrO2S/c1-12(2,3)9-7(11(15)16)8(14)10(17-9)13(4,5)6/h1-6H3,(H,15,16). The van der Waals surface area contributed by atoms with E-state index in [4.69, 9.17) is 0 Å². The average molecular weight is 319 g/mol. The Balaban J connectivity index is 3.58. The molecule has 0 aromatic carbocycles. The number of thiophene rings is 1. The van der Waals surface area contributed by atoms with Gasteiger partial charge in [0.1, 0.15) is 0 Å². The fourth-order valence-electron chi connectivity index (χ4n) is 1.61. The van der Waals surface area contributed by atoms with E-state index in [1.54, 1.807) is 11.3 Å². The Kier molecular flexibility index (Phi) is 3.80. The van der Waals surface area contributed by atoms with E-state index < -0.39 is 5.97 Å². The summed E-state index contributed by atoms with van der Waals surface area (Å²) < 4.78 is 0.743. The van der Waals surface area contributed by atoms with E-state index in [1.807, 2.05) is 20.8 Å². The Morgan fingerprint density at radius 2 is 1.47 bits per heavy atom. The van der Waals surface area contributed by atoms with Crippen LogP contribution in [0.3, 0.4) is 0 Å². The van der Waals surface area contributed by atoms with Gasteiger partial charge in [-0.15, -0.1) is 11.3 Å². The summed E-state index contributed by atoms with van der Waals surface area (Å²) in [6.07, 6.45) is 0. The normalized spacial score (nSPS) is 12.9. The maximum absolute atomic E-state index is 11.4. The highest BCUT2D eigenvalue weighted by atomic mass is 79.9. The fraction of sp³-hybridized carbons (Fsp3) is 0.615. The van der Waals surface area contributed by atoms with Crippen molar-refractivity contribution in [3.8, 4) is 0 Å². The molecule has 0 bridgehead atoms. The first-order valence-corrected chi connectivity index (χ1v) is 7.13. The molecule has 1 heterocycles. The number of hydrogen-bond donors (Lipinski definition) is 1. The molecule has 0 atom stereocenters. The Hall–Kier alpha value is -0.350. The van der Waals surface area contributed by atoms with E-state index in [0.717, 1.165) is 14.2 Å². The summed E-state index contributed by atoms with van der Waals surface area (Å²) in [6, 6.07) is 0. The molecule has 96 valence electrons. The first-order chi connectivity index (χ1) is 7.46. The summed E-state index contributed by atoms with van der Waals surface area (Å²) in [6.45, 7) is 12.4. The van der Waals surface area contributed by atoms with Crippen LogP contribution in [0.1, 0.15) is 61.7 Å². The van der Waals surface area contributed by atoms with Gasteiger partial charge in [0.15, 0.2) is 0 Å². The predicted molar refractivity (Wildman–Crippen MR) is 76.4 cm³/mol. The molecule has 17 heavy (non-hydrogen) atoms. The average Bonchev–Trinajstić information content (AvgIpc) is 2.40. The van der Waals surface area contributed by atoms with Gasteiger partial charge >= 0.3 is 5.97 Å². The van der Waals surface area contributed by atoms with E-state index >= 15 is 0 Å². The second-order valence-electron chi connectivity index (χ2n) is 6.25. The summed E-state index contributed by atoms with van der Waals surface area (Å²) in [4.78, 5) is 13.4. The lowest BCUT2D eigenvalue weighted by molar-refractivity contribution is 0.0694. The van der Waals surface area contributed by atoms with Crippen LogP contribution in [-0.4, -0.2) is 11.1 Å². The van der Waals surface area contributed by atoms with Gasteiger partial charge in [0, 0.05) is 14.2 Å². The topological polar surface area (TPSA) is 37.3 Å². The minimum Gasteiger partial charge on any atom is -0.478 e. The third-order valence-electron chi connectivity index (χ3n) is 2.43. The van der Waals surface area contributed by atoms with Crippen LogP contribution in [0.15, 0.2) is 4.47 Å². The third-order valence-corrected chi connectivity index (χ3v) is 5.52. The second-order valence-corrected chi connectivity index (χ2v) is 8.07. The fourth-order valence-corrected chi connectivity index (χ4v) is 4.25. The molecule has 4 heteroatoms. The lowest BCUT2D eigenvalue weighted by atomic mass is 9.90. The van der Waals surface area contributed by atoms with E-state index in [1.165, 1.54) is 0 Å². The summed E-state index contributed by atoms with van der Waals surface area (Å²) in [5.41, 5.74) is 0.231. The van der Waals surface area contributed by atoms with Gasteiger partial charge in [-0.05, 0) is 26.8 Å². The van der Waals surface area contributed by atoms with Crippen molar-refractivity contribution in [3.63, 3.8) is 0 Å². The van der Waals surface area contributed by atoms with Gasteiger partial charge in [-0.3, -0.25) is 0 Å². The predicted octanol–water partition coefficient (Wildman–Crippen LogP) is 4.80. The highest BCUT2D eigenvalue weighted by Gasteiger charge is 2.32. The van der Waals surface area contributed by atoms with Crippen molar-refractivity contribution in [1.82, 2.24) is 0 Å². The Morgan fingerprint density at radius 3 is 1.71 bits per heavy atom. The number of rotatable bonds is 1. The van der Waals surface area contributed by atoms with Gasteiger partial charge < -0.3 is 5.11 Å². The van der Waals surface area contributed by atoms with Crippen molar-refractivity contribution in [3.05, 3.63) is 19.8 Å². The quantitative estimate of drug-likeness (QED) is 0.807. The minimum atomic E-state index is -0.853. The zero-order chi connectivity index (χ0) is 13.6. The molecule has 0 aliphatic heterocycles. The summed E-state index contributed by atoms with van der Waals surface area (Å²) >= 11 is 5.06. The maximum Gasteiger partial charge on any atom is 0.338 e. The highest BCUT2D eigenvalue weighted by Crippen LogP contribution is 2.44. The lowest BCUT2D eigenvalue weighted by Crippen LogP contribution is -2.14. The summed E-state index contributed by atoms with van der Waals surface area (Å²) in [7, 11) is 0. The van der Waals surface area contributed by atoms with Crippen LogP contribution >= 0.6 is 27.3 Å². The number of carboxylic acid groups (broad SMARTS) is 1. The molecule has 1 aromatic rings. The van der Waals surface area contributed by atoms with Crippen LogP contribution in [0.25, 0.3) is 0 Å². The van der Waals surface area contributed by atoms with Crippen molar-refractivity contribution in [2.24, 2.45) is 0 Å². The zero-order valence-electron chi connectivity index (χ0n) is 11.1. The molecule has 0 saturated carbocycles. The second kappa shape index (κ2) is 4.39. The number of halogens is 1. The van der Waals surface area contributed by atoms with Crippen molar-refractivity contribution >= 4 is 33.2 Å². The highest BCUT2D eigenvalue weighted by molar-refractivity contribution is 9.10. The summed E-state index contributed by atoms with van der Waals surface area (Å²) in [5.74, 6) is -0.853. The molecule has 0 aliphatic rings. The molecular weight excluding hydrogens is 300 g/mol. The number of carbonyl (C=O) groups is 1. The van der Waals surface area contributed by atoms with Crippen molar-refractivity contribution < 1.29 is 9.90 Å². The molecule has 0 amide bonds. The minimum absolute atomic E-state index is 0.0444. The molecule has 1 aromatic heterocycles. The Morgan fingerprint density at radius 1 is 1.06 bits per heavy atom. The third kappa shape index (κ3) is 2.91. The van der Waals surface area contributed by atoms with Gasteiger partial charge in [-0.2, -0.15) is 0 Å². The van der Waals surface area contributed by atoms with Crippen LogP contribution in [0, 0.1) is 0 Å². The van der Waals surface area contributed by atoms with E-state index in [9.17, 15) is 9.90 Å². The summed E-state index contributed by atoms with van der Waals surface area (Å²) in [5, 5.41) is 9.37. The number of aromatic carboxylic acids is 1. The largest absolute Gasteiger partial charge is 0.478 e. The SMILES string of the molecule is CC(C)(C)c1sc(C(C)(C)C)c(C(=O)O)c1Br. The molecular formula is C13H19BrO2S. The van der Waals surface area contributed by atoms with Crippen molar-refractivity contribution in [2.75, 3.05) is 0 Å². The molecule has 1 N–H and O–H groups in total. The Labute approximate surface area is 115 Å². The molecule has 0 saturated heterocycles. The van der Waals surface area contributed by atoms with Gasteiger partial charge in [0.25, 0.3) is 0 Å². The van der Waals surface area contributed by atoms with Crippen molar-refractivity contribution in [2.45, 2.75) is 52.4 Å². The maximum atomic E-state index is 11.4. The lowest BCUT2D eigenvalue weighted by Gasteiger charge is -2.18. The number of carboxylic acids is 1. The molecule has 0 spiro atoms. The molecule has 1 rings (SSSR count). The van der Waals surface area contributed by atoms with Gasteiger partial charge in [0.2, 0.25) is 0 Å².